The molecule has 0 fully saturated rings. The van der Waals surface area contributed by atoms with Crippen LogP contribution in [0.25, 0.3) is 0 Å². The number of carbonyl (C=O) groups excluding carboxylic acids is 2. The van der Waals surface area contributed by atoms with Crippen molar-refractivity contribution < 1.29 is 23.8 Å². The van der Waals surface area contributed by atoms with Gasteiger partial charge in [-0.25, -0.2) is 0 Å². The standard InChI is InChI=1S/C20H23NO5/c1-24-17-12-19(26-3)18(25-2)11-15(17)13-21-20(23)10-9-16(22)14-7-5-4-6-8-14/h4-8,11-12H,9-10,13H2,1-3H3,(H,21,23). The number of hydrogen-bond acceptors (Lipinski definition) is 5. The van der Waals surface area contributed by atoms with Crippen LogP contribution in [0.5, 0.6) is 17.2 Å². The van der Waals surface area contributed by atoms with Gasteiger partial charge in [0.15, 0.2) is 17.3 Å². The zero-order chi connectivity index (χ0) is 18.9. The molecule has 2 rings (SSSR count). The van der Waals surface area contributed by atoms with E-state index in [0.29, 0.717) is 22.8 Å². The SMILES string of the molecule is COc1cc(OC)c(OC)cc1CNC(=O)CCC(=O)c1ccccc1. The highest BCUT2D eigenvalue weighted by Gasteiger charge is 2.13. The molecule has 1 N–H and O–H groups in total. The zero-order valence-electron chi connectivity index (χ0n) is 15.2. The number of methoxy groups -OCH3 is 3. The highest BCUT2D eigenvalue weighted by atomic mass is 16.5. The van der Waals surface area contributed by atoms with Gasteiger partial charge in [0.25, 0.3) is 0 Å². The molecule has 0 saturated heterocycles. The molecule has 6 heteroatoms. The molecule has 2 aromatic rings. The van der Waals surface area contributed by atoms with Crippen molar-refractivity contribution in [3.63, 3.8) is 0 Å². The number of rotatable bonds is 9. The summed E-state index contributed by atoms with van der Waals surface area (Å²) in [5.41, 5.74) is 1.37. The molecule has 0 aliphatic heterocycles. The van der Waals surface area contributed by atoms with Gasteiger partial charge in [-0.1, -0.05) is 30.3 Å². The van der Waals surface area contributed by atoms with E-state index in [1.807, 2.05) is 6.07 Å². The van der Waals surface area contributed by atoms with E-state index in [4.69, 9.17) is 14.2 Å². The summed E-state index contributed by atoms with van der Waals surface area (Å²) in [6.45, 7) is 0.266. The second kappa shape index (κ2) is 9.46. The minimum Gasteiger partial charge on any atom is -0.496 e. The molecule has 0 aliphatic rings. The summed E-state index contributed by atoms with van der Waals surface area (Å²) in [7, 11) is 4.63. The van der Waals surface area contributed by atoms with Gasteiger partial charge in [0.05, 0.1) is 21.3 Å². The maximum Gasteiger partial charge on any atom is 0.220 e. The molecule has 0 aromatic heterocycles. The molecule has 0 aliphatic carbocycles. The van der Waals surface area contributed by atoms with E-state index >= 15 is 0 Å². The molecule has 26 heavy (non-hydrogen) atoms. The largest absolute Gasteiger partial charge is 0.496 e. The molecule has 6 nitrogen and oxygen atoms in total. The molecule has 138 valence electrons. The third-order valence-electron chi connectivity index (χ3n) is 3.94. The Balaban J connectivity index is 1.93. The fraction of sp³-hybridized carbons (Fsp3) is 0.300. The van der Waals surface area contributed by atoms with Gasteiger partial charge in [-0.3, -0.25) is 9.59 Å². The lowest BCUT2D eigenvalue weighted by Gasteiger charge is -2.14. The van der Waals surface area contributed by atoms with Crippen molar-refractivity contribution in [2.24, 2.45) is 0 Å². The first kappa shape index (κ1) is 19.3. The van der Waals surface area contributed by atoms with Crippen LogP contribution in [0.4, 0.5) is 0 Å². The van der Waals surface area contributed by atoms with E-state index in [9.17, 15) is 9.59 Å². The Kier molecular flexibility index (Phi) is 7.02. The first-order valence-electron chi connectivity index (χ1n) is 8.22. The topological polar surface area (TPSA) is 73.9 Å². The summed E-state index contributed by atoms with van der Waals surface area (Å²) in [4.78, 5) is 24.1. The lowest BCUT2D eigenvalue weighted by molar-refractivity contribution is -0.121. The van der Waals surface area contributed by atoms with Crippen molar-refractivity contribution in [1.82, 2.24) is 5.32 Å². The van der Waals surface area contributed by atoms with E-state index in [1.165, 1.54) is 0 Å². The Labute approximate surface area is 153 Å². The Morgan fingerprint density at radius 1 is 0.846 bits per heavy atom. The summed E-state index contributed by atoms with van der Waals surface area (Å²) < 4.78 is 15.8. The van der Waals surface area contributed by atoms with Crippen molar-refractivity contribution in [3.8, 4) is 17.2 Å². The van der Waals surface area contributed by atoms with Gasteiger partial charge in [0, 0.05) is 36.6 Å². The average Bonchev–Trinajstić information content (AvgIpc) is 2.70. The van der Waals surface area contributed by atoms with Crippen molar-refractivity contribution >= 4 is 11.7 Å². The molecule has 1 amide bonds. The van der Waals surface area contributed by atoms with E-state index < -0.39 is 0 Å². The van der Waals surface area contributed by atoms with Crippen molar-refractivity contribution in [1.29, 1.82) is 0 Å². The van der Waals surface area contributed by atoms with E-state index in [-0.39, 0.29) is 31.1 Å². The summed E-state index contributed by atoms with van der Waals surface area (Å²) in [6.07, 6.45) is 0.294. The monoisotopic (exact) mass is 357 g/mol. The number of hydrogen-bond donors (Lipinski definition) is 1. The maximum atomic E-state index is 12.1. The van der Waals surface area contributed by atoms with Crippen molar-refractivity contribution in [2.45, 2.75) is 19.4 Å². The van der Waals surface area contributed by atoms with Gasteiger partial charge >= 0.3 is 0 Å². The van der Waals surface area contributed by atoms with Gasteiger partial charge in [0.1, 0.15) is 5.75 Å². The molecular formula is C20H23NO5. The van der Waals surface area contributed by atoms with Gasteiger partial charge in [-0.15, -0.1) is 0 Å². The zero-order valence-corrected chi connectivity index (χ0v) is 15.2. The molecular weight excluding hydrogens is 334 g/mol. The van der Waals surface area contributed by atoms with Gasteiger partial charge in [-0.2, -0.15) is 0 Å². The molecule has 0 atom stereocenters. The Hall–Kier alpha value is -3.02. The number of nitrogens with one attached hydrogen (secondary N) is 1. The lowest BCUT2D eigenvalue weighted by atomic mass is 10.1. The van der Waals surface area contributed by atoms with Crippen molar-refractivity contribution in [3.05, 3.63) is 53.6 Å². The second-order valence-electron chi connectivity index (χ2n) is 5.58. The van der Waals surface area contributed by atoms with Gasteiger partial charge in [0.2, 0.25) is 5.91 Å². The van der Waals surface area contributed by atoms with Crippen LogP contribution in [0.1, 0.15) is 28.8 Å². The first-order valence-corrected chi connectivity index (χ1v) is 8.22. The van der Waals surface area contributed by atoms with Crippen LogP contribution < -0.4 is 19.5 Å². The fourth-order valence-corrected chi connectivity index (χ4v) is 2.51. The molecule has 0 bridgehead atoms. The Morgan fingerprint density at radius 3 is 2.08 bits per heavy atom. The van der Waals surface area contributed by atoms with Crippen LogP contribution in [0.15, 0.2) is 42.5 Å². The molecule has 0 unspecified atom stereocenters. The highest BCUT2D eigenvalue weighted by molar-refractivity contribution is 5.97. The number of carbonyl (C=O) groups is 2. The summed E-state index contributed by atoms with van der Waals surface area (Å²) in [5, 5.41) is 2.80. The first-order chi connectivity index (χ1) is 12.6. The minimum absolute atomic E-state index is 0.0514. The van der Waals surface area contributed by atoms with E-state index in [1.54, 1.807) is 57.7 Å². The molecule has 0 radical (unpaired) electrons. The summed E-state index contributed by atoms with van der Waals surface area (Å²) in [5.74, 6) is 1.43. The average molecular weight is 357 g/mol. The lowest BCUT2D eigenvalue weighted by Crippen LogP contribution is -2.23. The summed E-state index contributed by atoms with van der Waals surface area (Å²) >= 11 is 0. The maximum absolute atomic E-state index is 12.1. The van der Waals surface area contributed by atoms with Crippen molar-refractivity contribution in [2.75, 3.05) is 21.3 Å². The van der Waals surface area contributed by atoms with E-state index in [0.717, 1.165) is 5.56 Å². The Morgan fingerprint density at radius 2 is 1.46 bits per heavy atom. The molecule has 0 heterocycles. The van der Waals surface area contributed by atoms with Gasteiger partial charge < -0.3 is 19.5 Å². The fourth-order valence-electron chi connectivity index (χ4n) is 2.51. The third-order valence-corrected chi connectivity index (χ3v) is 3.94. The van der Waals surface area contributed by atoms with Crippen LogP contribution in [-0.4, -0.2) is 33.0 Å². The quantitative estimate of drug-likeness (QED) is 0.699. The number of Topliss-reactive ketones (excluding diaryl/α,β-unsaturated/α-hetero) is 1. The second-order valence-corrected chi connectivity index (χ2v) is 5.58. The minimum atomic E-state index is -0.203. The number of benzene rings is 2. The predicted octanol–water partition coefficient (Wildman–Crippen LogP) is 2.99. The predicted molar refractivity (Wildman–Crippen MR) is 98.0 cm³/mol. The van der Waals surface area contributed by atoms with Crippen LogP contribution in [0.3, 0.4) is 0 Å². The van der Waals surface area contributed by atoms with E-state index in [2.05, 4.69) is 5.32 Å². The van der Waals surface area contributed by atoms with Crippen LogP contribution in [-0.2, 0) is 11.3 Å². The number of ether oxygens (including phenoxy) is 3. The van der Waals surface area contributed by atoms with Crippen LogP contribution in [0.2, 0.25) is 0 Å². The molecule has 2 aromatic carbocycles. The smallest absolute Gasteiger partial charge is 0.220 e. The Bertz CT molecular complexity index is 758. The molecule has 0 saturated carbocycles. The number of ketones is 1. The van der Waals surface area contributed by atoms with Gasteiger partial charge in [-0.05, 0) is 6.07 Å². The molecule has 0 spiro atoms. The highest BCUT2D eigenvalue weighted by Crippen LogP contribution is 2.34. The summed E-state index contributed by atoms with van der Waals surface area (Å²) in [6, 6.07) is 12.4. The normalized spacial score (nSPS) is 10.1. The van der Waals surface area contributed by atoms with Crippen LogP contribution in [0, 0.1) is 0 Å². The number of amides is 1. The third kappa shape index (κ3) is 4.99. The van der Waals surface area contributed by atoms with Crippen LogP contribution >= 0.6 is 0 Å².